The molecule has 1 rings (SSSR count). The van der Waals surface area contributed by atoms with Gasteiger partial charge in [-0.1, -0.05) is 0 Å². The van der Waals surface area contributed by atoms with Gasteiger partial charge in [0, 0.05) is 33.3 Å². The first-order valence-corrected chi connectivity index (χ1v) is 5.55. The Labute approximate surface area is 101 Å². The zero-order valence-electron chi connectivity index (χ0n) is 10.2. The third-order valence-corrected chi connectivity index (χ3v) is 2.17. The predicted molar refractivity (Wildman–Crippen MR) is 66.3 cm³/mol. The van der Waals surface area contributed by atoms with Crippen LogP contribution in [0, 0.1) is 0 Å². The van der Waals surface area contributed by atoms with Crippen LogP contribution in [0.5, 0.6) is 0 Å². The zero-order valence-corrected chi connectivity index (χ0v) is 10.2. The molecule has 0 unspecified atom stereocenters. The van der Waals surface area contributed by atoms with Crippen molar-refractivity contribution >= 4 is 17.7 Å². The molecule has 0 aliphatic rings. The van der Waals surface area contributed by atoms with Crippen molar-refractivity contribution in [1.29, 1.82) is 0 Å². The van der Waals surface area contributed by atoms with Gasteiger partial charge in [0.1, 0.15) is 5.82 Å². The molecule has 0 saturated carbocycles. The average molecular weight is 238 g/mol. The van der Waals surface area contributed by atoms with E-state index < -0.39 is 5.97 Å². The van der Waals surface area contributed by atoms with Gasteiger partial charge >= 0.3 is 5.97 Å². The van der Waals surface area contributed by atoms with Crippen molar-refractivity contribution in [2.45, 2.75) is 19.3 Å². The van der Waals surface area contributed by atoms with Crippen molar-refractivity contribution in [3.63, 3.8) is 0 Å². The summed E-state index contributed by atoms with van der Waals surface area (Å²) < 4.78 is 0. The molecule has 2 N–H and O–H groups in total. The third-order valence-electron chi connectivity index (χ3n) is 2.17. The lowest BCUT2D eigenvalue weighted by atomic mass is 10.2. The normalized spacial score (nSPS) is 10.0. The summed E-state index contributed by atoms with van der Waals surface area (Å²) in [5, 5.41) is 11.6. The maximum atomic E-state index is 10.3. The minimum absolute atomic E-state index is 0.217. The van der Waals surface area contributed by atoms with Gasteiger partial charge in [-0.2, -0.15) is 4.98 Å². The summed E-state index contributed by atoms with van der Waals surface area (Å²) in [4.78, 5) is 20.5. The van der Waals surface area contributed by atoms with Gasteiger partial charge in [-0.3, -0.25) is 4.79 Å². The van der Waals surface area contributed by atoms with Crippen LogP contribution in [0.25, 0.3) is 0 Å². The number of aromatic nitrogens is 2. The second-order valence-corrected chi connectivity index (χ2v) is 3.91. The molecule has 1 aromatic rings. The SMILES string of the molecule is CN(C)c1nccc(NCCCCC(=O)O)n1. The Morgan fingerprint density at radius 2 is 2.24 bits per heavy atom. The monoisotopic (exact) mass is 238 g/mol. The summed E-state index contributed by atoms with van der Waals surface area (Å²) in [7, 11) is 3.76. The minimum atomic E-state index is -0.748. The Balaban J connectivity index is 2.31. The summed E-state index contributed by atoms with van der Waals surface area (Å²) >= 11 is 0. The highest BCUT2D eigenvalue weighted by Gasteiger charge is 2.00. The van der Waals surface area contributed by atoms with Gasteiger partial charge in [-0.15, -0.1) is 0 Å². The highest BCUT2D eigenvalue weighted by molar-refractivity contribution is 5.66. The van der Waals surface area contributed by atoms with E-state index in [-0.39, 0.29) is 6.42 Å². The van der Waals surface area contributed by atoms with Crippen LogP contribution in [0.2, 0.25) is 0 Å². The first-order valence-electron chi connectivity index (χ1n) is 5.55. The number of rotatable bonds is 7. The van der Waals surface area contributed by atoms with Gasteiger partial charge in [0.2, 0.25) is 5.95 Å². The molecule has 0 fully saturated rings. The smallest absolute Gasteiger partial charge is 0.303 e. The lowest BCUT2D eigenvalue weighted by molar-refractivity contribution is -0.137. The van der Waals surface area contributed by atoms with Crippen molar-refractivity contribution in [2.75, 3.05) is 30.9 Å². The number of carboxylic acid groups (broad SMARTS) is 1. The topological polar surface area (TPSA) is 78.4 Å². The molecule has 0 aliphatic heterocycles. The van der Waals surface area contributed by atoms with Gasteiger partial charge in [0.25, 0.3) is 0 Å². The van der Waals surface area contributed by atoms with Crippen molar-refractivity contribution < 1.29 is 9.90 Å². The van der Waals surface area contributed by atoms with Gasteiger partial charge in [0.15, 0.2) is 0 Å². The van der Waals surface area contributed by atoms with E-state index in [2.05, 4.69) is 15.3 Å². The van der Waals surface area contributed by atoms with Gasteiger partial charge in [0.05, 0.1) is 0 Å². The maximum Gasteiger partial charge on any atom is 0.303 e. The molecule has 0 amide bonds. The number of anilines is 2. The lowest BCUT2D eigenvalue weighted by Gasteiger charge is -2.11. The second-order valence-electron chi connectivity index (χ2n) is 3.91. The Bertz CT molecular complexity index is 368. The van der Waals surface area contributed by atoms with E-state index in [1.807, 2.05) is 19.0 Å². The number of hydrogen-bond donors (Lipinski definition) is 2. The molecule has 0 spiro atoms. The van der Waals surface area contributed by atoms with Crippen LogP contribution >= 0.6 is 0 Å². The Morgan fingerprint density at radius 3 is 2.88 bits per heavy atom. The molecule has 0 bridgehead atoms. The van der Waals surface area contributed by atoms with E-state index in [1.54, 1.807) is 12.3 Å². The molecule has 0 saturated heterocycles. The van der Waals surface area contributed by atoms with Crippen LogP contribution in [0.15, 0.2) is 12.3 Å². The van der Waals surface area contributed by atoms with E-state index in [9.17, 15) is 4.79 Å². The number of carboxylic acids is 1. The number of carbonyl (C=O) groups is 1. The maximum absolute atomic E-state index is 10.3. The van der Waals surface area contributed by atoms with Crippen molar-refractivity contribution in [1.82, 2.24) is 9.97 Å². The van der Waals surface area contributed by atoms with E-state index in [0.717, 1.165) is 18.8 Å². The van der Waals surface area contributed by atoms with Crippen LogP contribution in [-0.4, -0.2) is 41.7 Å². The lowest BCUT2D eigenvalue weighted by Crippen LogP contribution is -2.14. The van der Waals surface area contributed by atoms with Crippen LogP contribution < -0.4 is 10.2 Å². The molecule has 6 nitrogen and oxygen atoms in total. The van der Waals surface area contributed by atoms with Crippen molar-refractivity contribution in [3.8, 4) is 0 Å². The second kappa shape index (κ2) is 6.67. The molecule has 0 atom stereocenters. The number of unbranched alkanes of at least 4 members (excludes halogenated alkanes) is 1. The van der Waals surface area contributed by atoms with Crippen LogP contribution in [0.4, 0.5) is 11.8 Å². The van der Waals surface area contributed by atoms with Crippen LogP contribution in [0.1, 0.15) is 19.3 Å². The molecular weight excluding hydrogens is 220 g/mol. The first kappa shape index (κ1) is 13.2. The summed E-state index contributed by atoms with van der Waals surface area (Å²) in [6.45, 7) is 0.719. The van der Waals surface area contributed by atoms with Crippen molar-refractivity contribution in [2.24, 2.45) is 0 Å². The highest BCUT2D eigenvalue weighted by Crippen LogP contribution is 2.08. The molecule has 0 radical (unpaired) electrons. The van der Waals surface area contributed by atoms with E-state index in [4.69, 9.17) is 5.11 Å². The number of hydrogen-bond acceptors (Lipinski definition) is 5. The highest BCUT2D eigenvalue weighted by atomic mass is 16.4. The summed E-state index contributed by atoms with van der Waals surface area (Å²) in [5.74, 6) is 0.668. The number of aliphatic carboxylic acids is 1. The fraction of sp³-hybridized carbons (Fsp3) is 0.545. The Kier molecular flexibility index (Phi) is 5.19. The van der Waals surface area contributed by atoms with Crippen LogP contribution in [0.3, 0.4) is 0 Å². The molecule has 1 heterocycles. The predicted octanol–water partition coefficient (Wildman–Crippen LogP) is 1.21. The fourth-order valence-electron chi connectivity index (χ4n) is 1.28. The fourth-order valence-corrected chi connectivity index (χ4v) is 1.28. The standard InChI is InChI=1S/C11H18N4O2/c1-15(2)11-13-8-6-9(14-11)12-7-4-3-5-10(16)17/h6,8H,3-5,7H2,1-2H3,(H,16,17)(H,12,13,14). The average Bonchev–Trinajstić information content (AvgIpc) is 2.28. The van der Waals surface area contributed by atoms with E-state index in [0.29, 0.717) is 12.4 Å². The summed E-state index contributed by atoms with van der Waals surface area (Å²) in [6.07, 6.45) is 3.40. The molecule has 0 aromatic carbocycles. The molecule has 17 heavy (non-hydrogen) atoms. The molecular formula is C11H18N4O2. The van der Waals surface area contributed by atoms with E-state index >= 15 is 0 Å². The molecule has 6 heteroatoms. The number of nitrogens with zero attached hydrogens (tertiary/aromatic N) is 3. The first-order chi connectivity index (χ1) is 8.09. The van der Waals surface area contributed by atoms with Gasteiger partial charge in [-0.05, 0) is 18.9 Å². The van der Waals surface area contributed by atoms with Crippen LogP contribution in [-0.2, 0) is 4.79 Å². The third kappa shape index (κ3) is 5.14. The van der Waals surface area contributed by atoms with Crippen molar-refractivity contribution in [3.05, 3.63) is 12.3 Å². The molecule has 0 aliphatic carbocycles. The molecule has 1 aromatic heterocycles. The largest absolute Gasteiger partial charge is 0.481 e. The van der Waals surface area contributed by atoms with Gasteiger partial charge in [-0.25, -0.2) is 4.98 Å². The number of nitrogens with one attached hydrogen (secondary N) is 1. The summed E-state index contributed by atoms with van der Waals surface area (Å²) in [6, 6.07) is 1.80. The Morgan fingerprint density at radius 1 is 1.47 bits per heavy atom. The minimum Gasteiger partial charge on any atom is -0.481 e. The molecule has 94 valence electrons. The quantitative estimate of drug-likeness (QED) is 0.695. The Hall–Kier alpha value is -1.85. The summed E-state index contributed by atoms with van der Waals surface area (Å²) in [5.41, 5.74) is 0. The van der Waals surface area contributed by atoms with Gasteiger partial charge < -0.3 is 15.3 Å². The van der Waals surface area contributed by atoms with E-state index in [1.165, 1.54) is 0 Å². The zero-order chi connectivity index (χ0) is 12.7.